The van der Waals surface area contributed by atoms with E-state index in [4.69, 9.17) is 5.73 Å². The molecular formula is C12H13N3S. The summed E-state index contributed by atoms with van der Waals surface area (Å²) in [6, 6.07) is 9.80. The summed E-state index contributed by atoms with van der Waals surface area (Å²) in [5.74, 6) is 0. The normalized spacial score (nSPS) is 12.4. The zero-order chi connectivity index (χ0) is 11.4. The molecule has 1 atom stereocenters. The molecular weight excluding hydrogens is 218 g/mol. The maximum atomic E-state index is 5.82. The van der Waals surface area contributed by atoms with E-state index in [0.29, 0.717) is 0 Å². The monoisotopic (exact) mass is 231 g/mol. The molecule has 82 valence electrons. The first-order chi connectivity index (χ1) is 7.75. The minimum atomic E-state index is 0.0334. The largest absolute Gasteiger partial charge is 0.324 e. The third-order valence-corrected chi connectivity index (χ3v) is 3.01. The molecule has 2 rings (SSSR count). The molecule has 4 heteroatoms. The highest BCUT2D eigenvalue weighted by molar-refractivity contribution is 7.99. The Morgan fingerprint density at radius 3 is 2.62 bits per heavy atom. The van der Waals surface area contributed by atoms with Gasteiger partial charge in [0.15, 0.2) is 0 Å². The Balaban J connectivity index is 2.19. The molecule has 0 aliphatic heterocycles. The van der Waals surface area contributed by atoms with Crippen LogP contribution in [0.3, 0.4) is 0 Å². The third-order valence-electron chi connectivity index (χ3n) is 2.13. The summed E-state index contributed by atoms with van der Waals surface area (Å²) in [7, 11) is 0. The predicted molar refractivity (Wildman–Crippen MR) is 65.2 cm³/mol. The van der Waals surface area contributed by atoms with E-state index in [-0.39, 0.29) is 6.04 Å². The molecule has 0 saturated carbocycles. The van der Waals surface area contributed by atoms with Gasteiger partial charge in [-0.2, -0.15) is 0 Å². The Bertz CT molecular complexity index is 457. The molecule has 0 bridgehead atoms. The molecule has 0 aromatic carbocycles. The van der Waals surface area contributed by atoms with E-state index in [1.165, 1.54) is 0 Å². The number of aromatic nitrogens is 2. The lowest BCUT2D eigenvalue weighted by molar-refractivity contribution is 0.808. The summed E-state index contributed by atoms with van der Waals surface area (Å²) in [6.07, 6.45) is 3.56. The van der Waals surface area contributed by atoms with Crippen LogP contribution in [0.2, 0.25) is 0 Å². The van der Waals surface area contributed by atoms with E-state index in [9.17, 15) is 0 Å². The zero-order valence-corrected chi connectivity index (χ0v) is 9.82. The molecule has 0 radical (unpaired) electrons. The van der Waals surface area contributed by atoms with Crippen LogP contribution in [0.4, 0.5) is 0 Å². The topological polar surface area (TPSA) is 51.8 Å². The summed E-state index contributed by atoms with van der Waals surface area (Å²) >= 11 is 1.54. The molecule has 0 saturated heterocycles. The van der Waals surface area contributed by atoms with Gasteiger partial charge < -0.3 is 5.73 Å². The van der Waals surface area contributed by atoms with Crippen molar-refractivity contribution in [2.75, 3.05) is 0 Å². The van der Waals surface area contributed by atoms with Crippen molar-refractivity contribution < 1.29 is 0 Å². The Labute approximate surface area is 99.1 Å². The first kappa shape index (κ1) is 11.1. The highest BCUT2D eigenvalue weighted by atomic mass is 32.2. The summed E-state index contributed by atoms with van der Waals surface area (Å²) < 4.78 is 0. The maximum absolute atomic E-state index is 5.82. The molecule has 0 spiro atoms. The predicted octanol–water partition coefficient (Wildman–Crippen LogP) is 2.65. The number of hydrogen-bond acceptors (Lipinski definition) is 4. The zero-order valence-electron chi connectivity index (χ0n) is 9.00. The minimum absolute atomic E-state index is 0.0334. The lowest BCUT2D eigenvalue weighted by Crippen LogP contribution is -2.04. The fourth-order valence-corrected chi connectivity index (χ4v) is 2.06. The number of nitrogens with two attached hydrogens (primary N) is 1. The fourth-order valence-electron chi connectivity index (χ4n) is 1.28. The number of nitrogens with zero attached hydrogens (tertiary/aromatic N) is 2. The molecule has 2 N–H and O–H groups in total. The Kier molecular flexibility index (Phi) is 3.54. The first-order valence-corrected chi connectivity index (χ1v) is 5.88. The SMILES string of the molecule is C[C@@H](N)c1ccnc(Sc2ccccn2)c1. The summed E-state index contributed by atoms with van der Waals surface area (Å²) in [6.45, 7) is 1.96. The number of pyridine rings is 2. The lowest BCUT2D eigenvalue weighted by Gasteiger charge is -2.06. The van der Waals surface area contributed by atoms with E-state index in [2.05, 4.69) is 9.97 Å². The van der Waals surface area contributed by atoms with Gasteiger partial charge in [0.25, 0.3) is 0 Å². The summed E-state index contributed by atoms with van der Waals surface area (Å²) in [5.41, 5.74) is 6.91. The summed E-state index contributed by atoms with van der Waals surface area (Å²) in [4.78, 5) is 8.52. The molecule has 0 aliphatic rings. The molecule has 2 aromatic rings. The molecule has 2 aromatic heterocycles. The maximum Gasteiger partial charge on any atom is 0.102 e. The fraction of sp³-hybridized carbons (Fsp3) is 0.167. The van der Waals surface area contributed by atoms with Crippen LogP contribution in [-0.4, -0.2) is 9.97 Å². The Morgan fingerprint density at radius 1 is 1.12 bits per heavy atom. The standard InChI is InChI=1S/C12H13N3S/c1-9(13)10-5-7-15-12(8-10)16-11-4-2-3-6-14-11/h2-9H,13H2,1H3/t9-/m1/s1. The molecule has 3 nitrogen and oxygen atoms in total. The van der Waals surface area contributed by atoms with E-state index >= 15 is 0 Å². The van der Waals surface area contributed by atoms with Crippen molar-refractivity contribution in [2.24, 2.45) is 5.73 Å². The molecule has 0 unspecified atom stereocenters. The van der Waals surface area contributed by atoms with Gasteiger partial charge in [-0.05, 0) is 36.8 Å². The second-order valence-electron chi connectivity index (χ2n) is 3.49. The molecule has 0 aliphatic carbocycles. The van der Waals surface area contributed by atoms with Gasteiger partial charge in [-0.25, -0.2) is 9.97 Å². The van der Waals surface area contributed by atoms with E-state index < -0.39 is 0 Å². The third kappa shape index (κ3) is 2.81. The van der Waals surface area contributed by atoms with Gasteiger partial charge in [0.1, 0.15) is 10.1 Å². The Hall–Kier alpha value is -1.39. The van der Waals surface area contributed by atoms with Crippen molar-refractivity contribution >= 4 is 11.8 Å². The minimum Gasteiger partial charge on any atom is -0.324 e. The van der Waals surface area contributed by atoms with Crippen molar-refractivity contribution in [3.8, 4) is 0 Å². The van der Waals surface area contributed by atoms with Gasteiger partial charge in [0, 0.05) is 18.4 Å². The van der Waals surface area contributed by atoms with Gasteiger partial charge in [0.05, 0.1) is 0 Å². The van der Waals surface area contributed by atoms with Crippen LogP contribution in [0, 0.1) is 0 Å². The molecule has 16 heavy (non-hydrogen) atoms. The highest BCUT2D eigenvalue weighted by Gasteiger charge is 2.03. The van der Waals surface area contributed by atoms with Crippen LogP contribution < -0.4 is 5.73 Å². The van der Waals surface area contributed by atoms with Gasteiger partial charge in [-0.1, -0.05) is 17.8 Å². The number of hydrogen-bond donors (Lipinski definition) is 1. The smallest absolute Gasteiger partial charge is 0.102 e. The van der Waals surface area contributed by atoms with Gasteiger partial charge in [0.2, 0.25) is 0 Å². The average Bonchev–Trinajstić information content (AvgIpc) is 2.30. The van der Waals surface area contributed by atoms with Crippen LogP contribution in [0.5, 0.6) is 0 Å². The first-order valence-electron chi connectivity index (χ1n) is 5.06. The van der Waals surface area contributed by atoms with Crippen molar-refractivity contribution in [2.45, 2.75) is 23.0 Å². The second-order valence-corrected chi connectivity index (χ2v) is 4.53. The lowest BCUT2D eigenvalue weighted by atomic mass is 10.1. The summed E-state index contributed by atoms with van der Waals surface area (Å²) in [5, 5.41) is 1.87. The van der Waals surface area contributed by atoms with E-state index in [0.717, 1.165) is 15.6 Å². The van der Waals surface area contributed by atoms with Crippen LogP contribution in [0.15, 0.2) is 52.8 Å². The Morgan fingerprint density at radius 2 is 1.94 bits per heavy atom. The molecule has 0 fully saturated rings. The molecule has 2 heterocycles. The van der Waals surface area contributed by atoms with Crippen molar-refractivity contribution in [3.05, 3.63) is 48.3 Å². The van der Waals surface area contributed by atoms with E-state index in [1.54, 1.807) is 24.2 Å². The molecule has 0 amide bonds. The van der Waals surface area contributed by atoms with Crippen LogP contribution in [0.25, 0.3) is 0 Å². The van der Waals surface area contributed by atoms with Crippen LogP contribution in [0.1, 0.15) is 18.5 Å². The number of rotatable bonds is 3. The van der Waals surface area contributed by atoms with Crippen molar-refractivity contribution in [1.82, 2.24) is 9.97 Å². The quantitative estimate of drug-likeness (QED) is 0.882. The van der Waals surface area contributed by atoms with Gasteiger partial charge in [-0.15, -0.1) is 0 Å². The van der Waals surface area contributed by atoms with Gasteiger partial charge >= 0.3 is 0 Å². The average molecular weight is 231 g/mol. The highest BCUT2D eigenvalue weighted by Crippen LogP contribution is 2.25. The van der Waals surface area contributed by atoms with Crippen molar-refractivity contribution in [3.63, 3.8) is 0 Å². The van der Waals surface area contributed by atoms with Crippen LogP contribution >= 0.6 is 11.8 Å². The van der Waals surface area contributed by atoms with E-state index in [1.807, 2.05) is 37.3 Å². The van der Waals surface area contributed by atoms with Gasteiger partial charge in [-0.3, -0.25) is 0 Å². The second kappa shape index (κ2) is 5.09. The van der Waals surface area contributed by atoms with Crippen molar-refractivity contribution in [1.29, 1.82) is 0 Å². The van der Waals surface area contributed by atoms with Crippen LogP contribution in [-0.2, 0) is 0 Å².